The predicted molar refractivity (Wildman–Crippen MR) is 116 cm³/mol. The Kier molecular flexibility index (Phi) is 6.67. The van der Waals surface area contributed by atoms with E-state index in [9.17, 15) is 39.9 Å². The highest BCUT2D eigenvalue weighted by molar-refractivity contribution is 6.34. The zero-order valence-electron chi connectivity index (χ0n) is 18.6. The predicted octanol–water partition coefficient (Wildman–Crippen LogP) is 6.72. The van der Waals surface area contributed by atoms with Gasteiger partial charge in [-0.2, -0.15) is 40.2 Å². The highest BCUT2D eigenvalue weighted by Gasteiger charge is 2.64. The van der Waals surface area contributed by atoms with E-state index < -0.39 is 46.8 Å². The Balaban J connectivity index is 1.76. The highest BCUT2D eigenvalue weighted by Crippen LogP contribution is 2.50. The number of halogens is 9. The van der Waals surface area contributed by atoms with E-state index in [1.807, 2.05) is 0 Å². The molecule has 0 unspecified atom stereocenters. The molecule has 0 atom stereocenters. The number of rotatable bonds is 5. The molecule has 0 saturated carbocycles. The number of benzene rings is 1. The summed E-state index contributed by atoms with van der Waals surface area (Å²) in [6.45, 7) is 0. The lowest BCUT2D eigenvalue weighted by molar-refractivity contribution is -0.292. The number of amides is 1. The van der Waals surface area contributed by atoms with Gasteiger partial charge in [0.1, 0.15) is 17.0 Å². The molecule has 0 aliphatic heterocycles. The SMILES string of the molecule is Cn1nc(C(F)(F)C(F)(F)F)c(C(F)(F)F)c1-c1cc(-c2ccc(Cl)c(C(=O)Nc3ccncc3)c2)on1. The van der Waals surface area contributed by atoms with E-state index in [0.29, 0.717) is 5.69 Å². The van der Waals surface area contributed by atoms with Crippen molar-refractivity contribution < 1.29 is 44.4 Å². The third kappa shape index (κ3) is 4.92. The van der Waals surface area contributed by atoms with E-state index in [2.05, 4.69) is 20.6 Å². The number of carbonyl (C=O) groups excluding carboxylic acids is 1. The first kappa shape index (κ1) is 27.0. The zero-order chi connectivity index (χ0) is 28.0. The summed E-state index contributed by atoms with van der Waals surface area (Å²) in [5.74, 6) is -6.81. The van der Waals surface area contributed by atoms with Crippen LogP contribution in [0.3, 0.4) is 0 Å². The van der Waals surface area contributed by atoms with Gasteiger partial charge in [0, 0.05) is 36.8 Å². The summed E-state index contributed by atoms with van der Waals surface area (Å²) in [4.78, 5) is 16.5. The lowest BCUT2D eigenvalue weighted by Crippen LogP contribution is -2.36. The molecule has 0 spiro atoms. The summed E-state index contributed by atoms with van der Waals surface area (Å²) in [6, 6.07) is 7.71. The largest absolute Gasteiger partial charge is 0.459 e. The molecule has 7 nitrogen and oxygen atoms in total. The first-order valence-corrected chi connectivity index (χ1v) is 10.6. The number of hydrogen-bond donors (Lipinski definition) is 1. The van der Waals surface area contributed by atoms with Gasteiger partial charge in [0.2, 0.25) is 0 Å². The van der Waals surface area contributed by atoms with Crippen molar-refractivity contribution in [3.63, 3.8) is 0 Å². The van der Waals surface area contributed by atoms with Gasteiger partial charge < -0.3 is 9.84 Å². The van der Waals surface area contributed by atoms with E-state index >= 15 is 0 Å². The molecule has 1 N–H and O–H groups in total. The van der Waals surface area contributed by atoms with Crippen LogP contribution >= 0.6 is 11.6 Å². The molecule has 0 saturated heterocycles. The third-order valence-corrected chi connectivity index (χ3v) is 5.50. The standard InChI is InChI=1S/C22H12ClF8N5O2/c1-36-17(16(21(26,27)28)18(34-36)20(24,25)22(29,30)31)14-9-15(38-35-14)10-2-3-13(23)12(8-10)19(37)33-11-4-6-32-7-5-11/h2-9H,1H3,(H,32,33,37). The van der Waals surface area contributed by atoms with Crippen LogP contribution in [0.1, 0.15) is 21.6 Å². The van der Waals surface area contributed by atoms with Gasteiger partial charge in [0.05, 0.1) is 10.6 Å². The molecule has 200 valence electrons. The number of anilines is 1. The van der Waals surface area contributed by atoms with Crippen molar-refractivity contribution in [1.29, 1.82) is 0 Å². The molecule has 0 fully saturated rings. The number of nitrogens with one attached hydrogen (secondary N) is 1. The van der Waals surface area contributed by atoms with E-state index in [-0.39, 0.29) is 26.6 Å². The van der Waals surface area contributed by atoms with Crippen molar-refractivity contribution in [2.45, 2.75) is 18.3 Å². The molecular formula is C22H12ClF8N5O2. The first-order valence-electron chi connectivity index (χ1n) is 10.2. The summed E-state index contributed by atoms with van der Waals surface area (Å²) in [7, 11) is 0.749. The van der Waals surface area contributed by atoms with Crippen molar-refractivity contribution in [2.75, 3.05) is 5.32 Å². The Labute approximate surface area is 212 Å². The Morgan fingerprint density at radius 1 is 1.00 bits per heavy atom. The molecule has 1 amide bonds. The van der Waals surface area contributed by atoms with Crippen LogP contribution in [0, 0.1) is 0 Å². The maximum absolute atomic E-state index is 13.9. The fourth-order valence-electron chi connectivity index (χ4n) is 3.45. The summed E-state index contributed by atoms with van der Waals surface area (Å²) >= 11 is 6.10. The highest BCUT2D eigenvalue weighted by atomic mass is 35.5. The number of nitrogens with zero attached hydrogens (tertiary/aromatic N) is 4. The van der Waals surface area contributed by atoms with Gasteiger partial charge in [-0.3, -0.25) is 14.5 Å². The minimum absolute atomic E-state index is 0.00469. The Bertz CT molecular complexity index is 1500. The topological polar surface area (TPSA) is 85.8 Å². The molecule has 0 aliphatic rings. The van der Waals surface area contributed by atoms with Crippen molar-refractivity contribution in [3.05, 3.63) is 70.6 Å². The average Bonchev–Trinajstić information content (AvgIpc) is 3.44. The van der Waals surface area contributed by atoms with E-state index in [4.69, 9.17) is 16.1 Å². The minimum Gasteiger partial charge on any atom is -0.356 e. The lowest BCUT2D eigenvalue weighted by atomic mass is 10.0. The van der Waals surface area contributed by atoms with Gasteiger partial charge in [-0.25, -0.2) is 0 Å². The van der Waals surface area contributed by atoms with Gasteiger partial charge in [-0.15, -0.1) is 0 Å². The quantitative estimate of drug-likeness (QED) is 0.272. The lowest BCUT2D eigenvalue weighted by Gasteiger charge is -2.19. The molecule has 0 radical (unpaired) electrons. The molecule has 38 heavy (non-hydrogen) atoms. The van der Waals surface area contributed by atoms with Crippen LogP contribution in [-0.4, -0.2) is 32.0 Å². The number of aromatic nitrogens is 4. The van der Waals surface area contributed by atoms with Crippen LogP contribution in [0.15, 0.2) is 53.3 Å². The normalized spacial score (nSPS) is 12.6. The second-order valence-corrected chi connectivity index (χ2v) is 8.13. The van der Waals surface area contributed by atoms with E-state index in [0.717, 1.165) is 13.1 Å². The van der Waals surface area contributed by atoms with Crippen LogP contribution in [0.2, 0.25) is 5.02 Å². The summed E-state index contributed by atoms with van der Waals surface area (Å²) < 4.78 is 113. The van der Waals surface area contributed by atoms with Crippen LogP contribution < -0.4 is 5.32 Å². The molecule has 4 rings (SSSR count). The summed E-state index contributed by atoms with van der Waals surface area (Å²) in [5.41, 5.74) is -6.36. The Hall–Kier alpha value is -4.01. The minimum atomic E-state index is -6.34. The van der Waals surface area contributed by atoms with Gasteiger partial charge in [0.15, 0.2) is 11.5 Å². The second-order valence-electron chi connectivity index (χ2n) is 7.73. The van der Waals surface area contributed by atoms with Gasteiger partial charge in [-0.1, -0.05) is 16.8 Å². The second kappa shape index (κ2) is 9.38. The Morgan fingerprint density at radius 2 is 1.66 bits per heavy atom. The average molecular weight is 566 g/mol. The summed E-state index contributed by atoms with van der Waals surface area (Å²) in [5, 5.41) is 8.82. The first-order chi connectivity index (χ1) is 17.6. The summed E-state index contributed by atoms with van der Waals surface area (Å²) in [6.07, 6.45) is -9.16. The third-order valence-electron chi connectivity index (χ3n) is 5.17. The molecule has 1 aromatic carbocycles. The number of hydrogen-bond acceptors (Lipinski definition) is 5. The van der Waals surface area contributed by atoms with Crippen LogP contribution in [0.25, 0.3) is 22.7 Å². The number of pyridine rings is 1. The van der Waals surface area contributed by atoms with Gasteiger partial charge in [-0.05, 0) is 30.3 Å². The van der Waals surface area contributed by atoms with Crippen molar-refractivity contribution in [1.82, 2.24) is 19.9 Å². The smallest absolute Gasteiger partial charge is 0.356 e. The van der Waals surface area contributed by atoms with Crippen LogP contribution in [-0.2, 0) is 19.1 Å². The van der Waals surface area contributed by atoms with Gasteiger partial charge in [0.25, 0.3) is 5.91 Å². The van der Waals surface area contributed by atoms with Gasteiger partial charge >= 0.3 is 18.3 Å². The molecule has 3 aromatic heterocycles. The van der Waals surface area contributed by atoms with Crippen LogP contribution in [0.5, 0.6) is 0 Å². The van der Waals surface area contributed by atoms with Crippen molar-refractivity contribution in [2.24, 2.45) is 7.05 Å². The van der Waals surface area contributed by atoms with Crippen molar-refractivity contribution >= 4 is 23.2 Å². The molecule has 0 aliphatic carbocycles. The number of aryl methyl sites for hydroxylation is 1. The maximum atomic E-state index is 13.9. The number of carbonyl (C=O) groups is 1. The van der Waals surface area contributed by atoms with Crippen molar-refractivity contribution in [3.8, 4) is 22.7 Å². The maximum Gasteiger partial charge on any atom is 0.459 e. The molecule has 4 aromatic rings. The fraction of sp³-hybridized carbons (Fsp3) is 0.182. The van der Waals surface area contributed by atoms with Crippen LogP contribution in [0.4, 0.5) is 40.8 Å². The zero-order valence-corrected chi connectivity index (χ0v) is 19.4. The van der Waals surface area contributed by atoms with E-state index in [1.54, 1.807) is 0 Å². The molecule has 0 bridgehead atoms. The molecule has 16 heteroatoms. The molecule has 3 heterocycles. The Morgan fingerprint density at radius 3 is 2.26 bits per heavy atom. The number of alkyl halides is 8. The van der Waals surface area contributed by atoms with E-state index in [1.165, 1.54) is 42.7 Å². The molecular weight excluding hydrogens is 554 g/mol. The monoisotopic (exact) mass is 565 g/mol. The fourth-order valence-corrected chi connectivity index (χ4v) is 3.65.